The highest BCUT2D eigenvalue weighted by atomic mass is 35.5. The van der Waals surface area contributed by atoms with Crippen molar-refractivity contribution in [1.29, 1.82) is 0 Å². The zero-order valence-corrected chi connectivity index (χ0v) is 15.8. The van der Waals surface area contributed by atoms with Gasteiger partial charge in [0.2, 0.25) is 5.91 Å². The summed E-state index contributed by atoms with van der Waals surface area (Å²) in [7, 11) is 0. The lowest BCUT2D eigenvalue weighted by Crippen LogP contribution is -2.37. The largest absolute Gasteiger partial charge is 0.447 e. The van der Waals surface area contributed by atoms with E-state index in [1.54, 1.807) is 6.07 Å². The third-order valence-electron chi connectivity index (χ3n) is 5.16. The first-order valence-corrected chi connectivity index (χ1v) is 9.81. The van der Waals surface area contributed by atoms with Crippen LogP contribution >= 0.6 is 11.6 Å². The zero-order valence-electron chi connectivity index (χ0n) is 15.1. The van der Waals surface area contributed by atoms with Crippen molar-refractivity contribution in [1.82, 2.24) is 15.6 Å². The Bertz CT molecular complexity index is 667. The molecule has 2 N–H and O–H groups in total. The van der Waals surface area contributed by atoms with Gasteiger partial charge in [-0.15, -0.1) is 0 Å². The Kier molecular flexibility index (Phi) is 6.35. The number of carbonyl (C=O) groups excluding carboxylic acids is 2. The molecule has 0 spiro atoms. The Morgan fingerprint density at radius 2 is 2.31 bits per heavy atom. The number of fused-ring (bicyclic) bond motifs is 1. The minimum atomic E-state index is -0.451. The van der Waals surface area contributed by atoms with Gasteiger partial charge >= 0.3 is 6.09 Å². The van der Waals surface area contributed by atoms with Gasteiger partial charge in [-0.2, -0.15) is 0 Å². The molecule has 1 fully saturated rings. The lowest BCUT2D eigenvalue weighted by Gasteiger charge is -2.31. The number of hydrogen-bond acceptors (Lipinski definition) is 4. The number of ether oxygens (including phenoxy) is 1. The Labute approximate surface area is 159 Å². The highest BCUT2D eigenvalue weighted by molar-refractivity contribution is 6.29. The molecule has 3 atom stereocenters. The average Bonchev–Trinajstić information content (AvgIpc) is 3.03. The van der Waals surface area contributed by atoms with Gasteiger partial charge in [0.25, 0.3) is 0 Å². The van der Waals surface area contributed by atoms with Crippen LogP contribution in [0.1, 0.15) is 62.7 Å². The number of hydrogen-bond donors (Lipinski definition) is 2. The quantitative estimate of drug-likeness (QED) is 0.741. The SMILES string of the molecule is CCCCC1Cc2nc(Cl)ccc2[C@@H](NC(=O)OC[C@@H]2CCC(=O)N2)C1. The zero-order chi connectivity index (χ0) is 18.5. The molecule has 0 aromatic carbocycles. The first kappa shape index (κ1) is 19.0. The van der Waals surface area contributed by atoms with Gasteiger partial charge in [-0.1, -0.05) is 37.4 Å². The maximum Gasteiger partial charge on any atom is 0.407 e. The van der Waals surface area contributed by atoms with E-state index in [4.69, 9.17) is 16.3 Å². The van der Waals surface area contributed by atoms with E-state index in [-0.39, 0.29) is 24.6 Å². The minimum absolute atomic E-state index is 0.0157. The van der Waals surface area contributed by atoms with E-state index in [0.717, 1.165) is 36.9 Å². The molecule has 1 aliphatic heterocycles. The fourth-order valence-electron chi connectivity index (χ4n) is 3.80. The van der Waals surface area contributed by atoms with Crippen molar-refractivity contribution in [3.63, 3.8) is 0 Å². The maximum atomic E-state index is 12.3. The predicted molar refractivity (Wildman–Crippen MR) is 99.0 cm³/mol. The average molecular weight is 380 g/mol. The first-order chi connectivity index (χ1) is 12.5. The van der Waals surface area contributed by atoms with Crippen molar-refractivity contribution in [3.8, 4) is 0 Å². The van der Waals surface area contributed by atoms with Gasteiger partial charge in [0, 0.05) is 12.1 Å². The Balaban J connectivity index is 1.61. The molecule has 1 aromatic rings. The number of nitrogens with zero attached hydrogens (tertiary/aromatic N) is 1. The van der Waals surface area contributed by atoms with E-state index < -0.39 is 6.09 Å². The topological polar surface area (TPSA) is 80.3 Å². The van der Waals surface area contributed by atoms with Crippen LogP contribution in [0, 0.1) is 5.92 Å². The van der Waals surface area contributed by atoms with Gasteiger partial charge < -0.3 is 15.4 Å². The van der Waals surface area contributed by atoms with Gasteiger partial charge in [-0.3, -0.25) is 4.79 Å². The molecular formula is C19H26ClN3O3. The molecule has 0 bridgehead atoms. The molecule has 1 aromatic heterocycles. The monoisotopic (exact) mass is 379 g/mol. The summed E-state index contributed by atoms with van der Waals surface area (Å²) in [5.41, 5.74) is 1.99. The lowest BCUT2D eigenvalue weighted by atomic mass is 9.81. The summed E-state index contributed by atoms with van der Waals surface area (Å²) in [5, 5.41) is 6.26. The van der Waals surface area contributed by atoms with Crippen LogP contribution in [0.2, 0.25) is 5.15 Å². The number of aromatic nitrogens is 1. The number of carbonyl (C=O) groups is 2. The van der Waals surface area contributed by atoms with Crippen LogP contribution in [-0.2, 0) is 16.0 Å². The second kappa shape index (κ2) is 8.71. The van der Waals surface area contributed by atoms with E-state index in [9.17, 15) is 9.59 Å². The molecule has 2 aliphatic rings. The van der Waals surface area contributed by atoms with Crippen molar-refractivity contribution in [2.75, 3.05) is 6.61 Å². The Morgan fingerprint density at radius 1 is 1.46 bits per heavy atom. The van der Waals surface area contributed by atoms with Crippen LogP contribution in [0.5, 0.6) is 0 Å². The van der Waals surface area contributed by atoms with Gasteiger partial charge in [0.15, 0.2) is 0 Å². The summed E-state index contributed by atoms with van der Waals surface area (Å²) < 4.78 is 5.32. The highest BCUT2D eigenvalue weighted by Crippen LogP contribution is 2.35. The smallest absolute Gasteiger partial charge is 0.407 e. The molecule has 26 heavy (non-hydrogen) atoms. The second-order valence-electron chi connectivity index (χ2n) is 7.22. The molecule has 1 aliphatic carbocycles. The standard InChI is InChI=1S/C19H26ClN3O3/c1-2-3-4-12-9-15-14(6-7-17(20)22-15)16(10-12)23-19(25)26-11-13-5-8-18(24)21-13/h6-7,12-13,16H,2-5,8-11H2,1H3,(H,21,24)(H,23,25)/t12?,13-,16-/m0/s1. The number of pyridine rings is 1. The summed E-state index contributed by atoms with van der Waals surface area (Å²) in [6, 6.07) is 3.52. The number of halogens is 1. The van der Waals surface area contributed by atoms with Crippen LogP contribution in [0.3, 0.4) is 0 Å². The number of alkyl carbamates (subject to hydrolysis) is 1. The van der Waals surface area contributed by atoms with Gasteiger partial charge in [-0.05, 0) is 43.2 Å². The van der Waals surface area contributed by atoms with Gasteiger partial charge in [0.05, 0.1) is 12.1 Å². The summed E-state index contributed by atoms with van der Waals surface area (Å²) in [4.78, 5) is 27.9. The van der Waals surface area contributed by atoms with Crippen molar-refractivity contribution < 1.29 is 14.3 Å². The Hall–Kier alpha value is -1.82. The van der Waals surface area contributed by atoms with E-state index in [1.165, 1.54) is 6.42 Å². The third kappa shape index (κ3) is 4.87. The second-order valence-corrected chi connectivity index (χ2v) is 7.60. The molecule has 0 saturated carbocycles. The summed E-state index contributed by atoms with van der Waals surface area (Å²) in [6.07, 6.45) is 5.97. The van der Waals surface area contributed by atoms with Crippen molar-refractivity contribution in [2.45, 2.75) is 64.0 Å². The molecule has 2 amide bonds. The van der Waals surface area contributed by atoms with E-state index >= 15 is 0 Å². The van der Waals surface area contributed by atoms with Gasteiger partial charge in [0.1, 0.15) is 11.8 Å². The molecule has 1 saturated heterocycles. The van der Waals surface area contributed by atoms with Crippen molar-refractivity contribution >= 4 is 23.6 Å². The van der Waals surface area contributed by atoms with E-state index in [0.29, 0.717) is 23.9 Å². The molecule has 3 rings (SSSR count). The summed E-state index contributed by atoms with van der Waals surface area (Å²) in [5.74, 6) is 0.495. The third-order valence-corrected chi connectivity index (χ3v) is 5.37. The van der Waals surface area contributed by atoms with Crippen LogP contribution in [0.15, 0.2) is 12.1 Å². The first-order valence-electron chi connectivity index (χ1n) is 9.43. The van der Waals surface area contributed by atoms with Crippen molar-refractivity contribution in [3.05, 3.63) is 28.5 Å². The maximum absolute atomic E-state index is 12.3. The van der Waals surface area contributed by atoms with E-state index in [1.807, 2.05) is 6.07 Å². The van der Waals surface area contributed by atoms with E-state index in [2.05, 4.69) is 22.5 Å². The molecule has 7 heteroatoms. The normalized spacial score (nSPS) is 24.7. The predicted octanol–water partition coefficient (Wildman–Crippen LogP) is 3.53. The highest BCUT2D eigenvalue weighted by Gasteiger charge is 2.30. The van der Waals surface area contributed by atoms with Crippen LogP contribution in [0.4, 0.5) is 4.79 Å². The molecule has 6 nitrogen and oxygen atoms in total. The Morgan fingerprint density at radius 3 is 3.04 bits per heavy atom. The van der Waals surface area contributed by atoms with Gasteiger partial charge in [-0.25, -0.2) is 9.78 Å². The fraction of sp³-hybridized carbons (Fsp3) is 0.632. The number of rotatable bonds is 6. The molecule has 1 unspecified atom stereocenters. The minimum Gasteiger partial charge on any atom is -0.447 e. The van der Waals surface area contributed by atoms with Crippen LogP contribution in [0.25, 0.3) is 0 Å². The molecule has 142 valence electrons. The van der Waals surface area contributed by atoms with Crippen LogP contribution < -0.4 is 10.6 Å². The fourth-order valence-corrected chi connectivity index (χ4v) is 3.96. The molecular weight excluding hydrogens is 354 g/mol. The van der Waals surface area contributed by atoms with Crippen LogP contribution in [-0.4, -0.2) is 29.6 Å². The molecule has 0 radical (unpaired) electrons. The van der Waals surface area contributed by atoms with Crippen molar-refractivity contribution in [2.24, 2.45) is 5.92 Å². The number of unbranched alkanes of at least 4 members (excludes halogenated alkanes) is 1. The summed E-state index contributed by atoms with van der Waals surface area (Å²) >= 11 is 6.06. The summed E-state index contributed by atoms with van der Waals surface area (Å²) in [6.45, 7) is 2.38. The number of amides is 2. The lowest BCUT2D eigenvalue weighted by molar-refractivity contribution is -0.119. The molecule has 2 heterocycles. The number of nitrogens with one attached hydrogen (secondary N) is 2.